The van der Waals surface area contributed by atoms with E-state index in [1.807, 2.05) is 24.3 Å². The van der Waals surface area contributed by atoms with Crippen LogP contribution in [-0.2, 0) is 16.2 Å². The average molecular weight is 456 g/mol. The van der Waals surface area contributed by atoms with Crippen LogP contribution in [0, 0.1) is 5.92 Å². The third-order valence-corrected chi connectivity index (χ3v) is 7.07. The van der Waals surface area contributed by atoms with E-state index in [2.05, 4.69) is 22.1 Å². The van der Waals surface area contributed by atoms with Crippen molar-refractivity contribution in [1.82, 2.24) is 15.0 Å². The van der Waals surface area contributed by atoms with E-state index >= 15 is 0 Å². The third-order valence-electron chi connectivity index (χ3n) is 6.05. The molecule has 170 valence electrons. The molecule has 8 heteroatoms. The molecule has 0 radical (unpaired) electrons. The van der Waals surface area contributed by atoms with Gasteiger partial charge in [-0.15, -0.1) is 11.3 Å². The van der Waals surface area contributed by atoms with E-state index in [4.69, 9.17) is 9.57 Å². The molecular formula is C24H29N3O4S. The summed E-state index contributed by atoms with van der Waals surface area (Å²) in [6.07, 6.45) is 4.85. The number of hydrogen-bond donors (Lipinski definition) is 2. The van der Waals surface area contributed by atoms with Gasteiger partial charge in [-0.25, -0.2) is 10.0 Å². The topological polar surface area (TPSA) is 87.7 Å². The van der Waals surface area contributed by atoms with E-state index in [0.29, 0.717) is 11.5 Å². The van der Waals surface area contributed by atoms with Crippen LogP contribution < -0.4 is 0 Å². The number of thiazole rings is 1. The highest BCUT2D eigenvalue weighted by molar-refractivity contribution is 7.14. The first-order valence-electron chi connectivity index (χ1n) is 10.8. The minimum atomic E-state index is -0.175. The zero-order valence-corrected chi connectivity index (χ0v) is 19.2. The summed E-state index contributed by atoms with van der Waals surface area (Å²) in [5, 5.41) is 11.4. The molecule has 0 aliphatic carbocycles. The maximum absolute atomic E-state index is 12.4. The Morgan fingerprint density at radius 1 is 1.28 bits per heavy atom. The molecule has 32 heavy (non-hydrogen) atoms. The number of hydroxylamine groups is 2. The Balaban J connectivity index is 1.61. The van der Waals surface area contributed by atoms with Crippen LogP contribution >= 0.6 is 11.3 Å². The minimum absolute atomic E-state index is 0.000930. The first kappa shape index (κ1) is 22.7. The van der Waals surface area contributed by atoms with Gasteiger partial charge in [-0.2, -0.15) is 0 Å². The van der Waals surface area contributed by atoms with Crippen LogP contribution in [0.4, 0.5) is 0 Å². The van der Waals surface area contributed by atoms with Crippen molar-refractivity contribution in [3.05, 3.63) is 64.3 Å². The van der Waals surface area contributed by atoms with Gasteiger partial charge >= 0.3 is 0 Å². The molecule has 7 nitrogen and oxygen atoms in total. The van der Waals surface area contributed by atoms with Gasteiger partial charge < -0.3 is 14.8 Å². The zero-order chi connectivity index (χ0) is 22.5. The van der Waals surface area contributed by atoms with Gasteiger partial charge in [-0.05, 0) is 55.0 Å². The quantitative estimate of drug-likeness (QED) is 0.497. The van der Waals surface area contributed by atoms with Gasteiger partial charge in [-0.3, -0.25) is 9.63 Å². The summed E-state index contributed by atoms with van der Waals surface area (Å²) >= 11 is 1.49. The molecule has 2 aromatic heterocycles. The van der Waals surface area contributed by atoms with Crippen LogP contribution in [0.2, 0.25) is 0 Å². The molecule has 0 spiro atoms. The van der Waals surface area contributed by atoms with Gasteiger partial charge in [0.2, 0.25) is 0 Å². The van der Waals surface area contributed by atoms with Crippen molar-refractivity contribution in [2.75, 3.05) is 27.4 Å². The van der Waals surface area contributed by atoms with Crippen molar-refractivity contribution < 1.29 is 19.5 Å². The van der Waals surface area contributed by atoms with Gasteiger partial charge in [0.1, 0.15) is 5.01 Å². The van der Waals surface area contributed by atoms with Crippen molar-refractivity contribution >= 4 is 17.2 Å². The fourth-order valence-corrected chi connectivity index (χ4v) is 4.88. The highest BCUT2D eigenvalue weighted by Gasteiger charge is 2.24. The Labute approximate surface area is 192 Å². The number of hydrogen-bond acceptors (Lipinski definition) is 6. The second kappa shape index (κ2) is 10.4. The summed E-state index contributed by atoms with van der Waals surface area (Å²) in [5.74, 6) is 0.585. The predicted octanol–water partition coefficient (Wildman–Crippen LogP) is 4.21. The molecule has 1 aromatic carbocycles. The smallest absolute Gasteiger partial charge is 0.277 e. The van der Waals surface area contributed by atoms with E-state index in [0.717, 1.165) is 59.3 Å². The second-order valence-corrected chi connectivity index (χ2v) is 9.18. The number of aromatic amines is 1. The normalized spacial score (nSPS) is 15.6. The molecule has 1 atom stereocenters. The number of H-pyrrole nitrogens is 1. The first-order chi connectivity index (χ1) is 15.6. The standard InChI is InChI=1S/C24H29N3O4S/c1-27(30-2)24(29)18-5-3-17(4-6-18)20(13-16-9-11-31-12-10-16)21-7-8-22(26-21)23-25-14-19(15-28)32-23/h3-8,14,16,20,26,28H,9-13,15H2,1-2H3. The number of aliphatic hydroxyl groups excluding tert-OH is 1. The molecule has 3 aromatic rings. The molecule has 1 aliphatic heterocycles. The van der Waals surface area contributed by atoms with Crippen LogP contribution in [0.3, 0.4) is 0 Å². The van der Waals surface area contributed by atoms with Crippen molar-refractivity contribution in [2.24, 2.45) is 5.92 Å². The van der Waals surface area contributed by atoms with Crippen molar-refractivity contribution in [3.8, 4) is 10.7 Å². The monoisotopic (exact) mass is 455 g/mol. The van der Waals surface area contributed by atoms with Gasteiger partial charge in [-0.1, -0.05) is 12.1 Å². The number of aromatic nitrogens is 2. The second-order valence-electron chi connectivity index (χ2n) is 8.07. The third kappa shape index (κ3) is 5.10. The molecule has 0 bridgehead atoms. The molecule has 3 heterocycles. The molecule has 1 unspecified atom stereocenters. The maximum atomic E-state index is 12.4. The molecular weight excluding hydrogens is 426 g/mol. The molecule has 0 saturated carbocycles. The van der Waals surface area contributed by atoms with Crippen LogP contribution in [-0.4, -0.2) is 53.4 Å². The number of carbonyl (C=O) groups is 1. The molecule has 1 fully saturated rings. The average Bonchev–Trinajstić information content (AvgIpc) is 3.52. The summed E-state index contributed by atoms with van der Waals surface area (Å²) < 4.78 is 5.55. The van der Waals surface area contributed by atoms with Gasteiger partial charge in [0.05, 0.1) is 24.3 Å². The number of amides is 1. The summed E-state index contributed by atoms with van der Waals surface area (Å²) in [4.78, 5) is 26.2. The number of carbonyl (C=O) groups excluding carboxylic acids is 1. The van der Waals surface area contributed by atoms with Gasteiger partial charge in [0.15, 0.2) is 0 Å². The number of benzene rings is 1. The summed E-state index contributed by atoms with van der Waals surface area (Å²) in [6, 6.07) is 12.0. The van der Waals surface area contributed by atoms with Crippen molar-refractivity contribution in [2.45, 2.75) is 31.8 Å². The Bertz CT molecular complexity index is 1020. The molecule has 2 N–H and O–H groups in total. The van der Waals surface area contributed by atoms with E-state index < -0.39 is 0 Å². The molecule has 1 saturated heterocycles. The highest BCUT2D eigenvalue weighted by atomic mass is 32.1. The van der Waals surface area contributed by atoms with Crippen LogP contribution in [0.15, 0.2) is 42.6 Å². The fourth-order valence-electron chi connectivity index (χ4n) is 4.13. The summed E-state index contributed by atoms with van der Waals surface area (Å²) in [7, 11) is 3.08. The van der Waals surface area contributed by atoms with E-state index in [9.17, 15) is 9.90 Å². The Hall–Kier alpha value is -2.52. The number of ether oxygens (including phenoxy) is 1. The minimum Gasteiger partial charge on any atom is -0.391 e. The van der Waals surface area contributed by atoms with E-state index in [-0.39, 0.29) is 18.4 Å². The predicted molar refractivity (Wildman–Crippen MR) is 123 cm³/mol. The maximum Gasteiger partial charge on any atom is 0.277 e. The lowest BCUT2D eigenvalue weighted by Crippen LogP contribution is -2.25. The number of nitrogens with zero attached hydrogens (tertiary/aromatic N) is 2. The van der Waals surface area contributed by atoms with E-state index in [1.165, 1.54) is 23.5 Å². The highest BCUT2D eigenvalue weighted by Crippen LogP contribution is 2.36. The Morgan fingerprint density at radius 3 is 2.69 bits per heavy atom. The van der Waals surface area contributed by atoms with Gasteiger partial charge in [0.25, 0.3) is 5.91 Å². The number of nitrogens with one attached hydrogen (secondary N) is 1. The SMILES string of the molecule is CON(C)C(=O)c1ccc(C(CC2CCOCC2)c2ccc(-c3ncc(CO)s3)[nH]2)cc1. The van der Waals surface area contributed by atoms with Crippen LogP contribution in [0.25, 0.3) is 10.7 Å². The van der Waals surface area contributed by atoms with Crippen molar-refractivity contribution in [1.29, 1.82) is 0 Å². The van der Waals surface area contributed by atoms with Crippen LogP contribution in [0.1, 0.15) is 51.7 Å². The zero-order valence-electron chi connectivity index (χ0n) is 18.4. The lowest BCUT2D eigenvalue weighted by Gasteiger charge is -2.27. The lowest BCUT2D eigenvalue weighted by atomic mass is 9.83. The van der Waals surface area contributed by atoms with Gasteiger partial charge in [0, 0.05) is 43.6 Å². The number of rotatable bonds is 8. The molecule has 1 aliphatic rings. The Kier molecular flexibility index (Phi) is 7.36. The van der Waals surface area contributed by atoms with Crippen LogP contribution in [0.5, 0.6) is 0 Å². The lowest BCUT2D eigenvalue weighted by molar-refractivity contribution is -0.0757. The summed E-state index contributed by atoms with van der Waals surface area (Å²) in [6.45, 7) is 1.63. The van der Waals surface area contributed by atoms with E-state index in [1.54, 1.807) is 13.2 Å². The van der Waals surface area contributed by atoms with Crippen molar-refractivity contribution in [3.63, 3.8) is 0 Å². The Morgan fingerprint density at radius 2 is 2.03 bits per heavy atom. The number of aliphatic hydroxyl groups is 1. The summed E-state index contributed by atoms with van der Waals surface area (Å²) in [5.41, 5.74) is 3.83. The molecule has 1 amide bonds. The molecule has 4 rings (SSSR count). The largest absolute Gasteiger partial charge is 0.391 e. The first-order valence-corrected chi connectivity index (χ1v) is 11.7. The fraction of sp³-hybridized carbons (Fsp3) is 0.417.